The molecule has 5 N–H and O–H groups in total. The fourth-order valence-electron chi connectivity index (χ4n) is 3.82. The van der Waals surface area contributed by atoms with Crippen LogP contribution in [0.2, 0.25) is 5.02 Å². The second-order valence-electron chi connectivity index (χ2n) is 8.43. The summed E-state index contributed by atoms with van der Waals surface area (Å²) in [5.41, 5.74) is 3.93. The number of aliphatic imine (C=N–C) groups is 1. The Balaban J connectivity index is 1.65. The predicted octanol–water partition coefficient (Wildman–Crippen LogP) is 4.57. The third-order valence-electron chi connectivity index (χ3n) is 5.64. The van der Waals surface area contributed by atoms with E-state index in [9.17, 15) is 9.18 Å². The van der Waals surface area contributed by atoms with Gasteiger partial charge in [0, 0.05) is 53.4 Å². The lowest BCUT2D eigenvalue weighted by atomic mass is 9.95. The number of allylic oxidation sites excluding steroid dienone is 1. The smallest absolute Gasteiger partial charge is 0.302 e. The van der Waals surface area contributed by atoms with Crippen LogP contribution in [-0.2, 0) is 4.79 Å². The summed E-state index contributed by atoms with van der Waals surface area (Å²) in [6, 6.07) is 9.00. The molecule has 0 saturated heterocycles. The maximum atomic E-state index is 13.6. The second-order valence-corrected chi connectivity index (χ2v) is 8.84. The van der Waals surface area contributed by atoms with E-state index in [0.717, 1.165) is 5.56 Å². The van der Waals surface area contributed by atoms with E-state index in [1.165, 1.54) is 24.4 Å². The lowest BCUT2D eigenvalue weighted by Crippen LogP contribution is -2.39. The van der Waals surface area contributed by atoms with E-state index in [0.29, 0.717) is 39.5 Å². The molecule has 0 bridgehead atoms. The van der Waals surface area contributed by atoms with Crippen LogP contribution in [0.4, 0.5) is 10.4 Å². The topological polar surface area (TPSA) is 127 Å². The van der Waals surface area contributed by atoms with Crippen molar-refractivity contribution < 1.29 is 13.6 Å². The molecule has 192 valence electrons. The SMILES string of the molecule is CCN/C=C(\C=N)CNC(=O)C1=C(C)NC(Nc2nc3ccc(F)cc3o2)=NC1c1ccc(C)cc1Cl. The van der Waals surface area contributed by atoms with Crippen LogP contribution in [0.3, 0.4) is 0 Å². The number of oxazole rings is 1. The van der Waals surface area contributed by atoms with Gasteiger partial charge in [0.15, 0.2) is 5.58 Å². The van der Waals surface area contributed by atoms with E-state index in [1.807, 2.05) is 32.0 Å². The molecule has 2 aromatic carbocycles. The largest absolute Gasteiger partial charge is 0.423 e. The Morgan fingerprint density at radius 1 is 1.27 bits per heavy atom. The molecule has 37 heavy (non-hydrogen) atoms. The average Bonchev–Trinajstić information content (AvgIpc) is 3.25. The molecule has 1 aliphatic heterocycles. The van der Waals surface area contributed by atoms with E-state index in [4.69, 9.17) is 26.4 Å². The fourth-order valence-corrected chi connectivity index (χ4v) is 4.16. The lowest BCUT2D eigenvalue weighted by molar-refractivity contribution is -0.117. The lowest BCUT2D eigenvalue weighted by Gasteiger charge is -2.27. The normalized spacial score (nSPS) is 15.8. The summed E-state index contributed by atoms with van der Waals surface area (Å²) < 4.78 is 19.2. The van der Waals surface area contributed by atoms with Gasteiger partial charge in [-0.2, -0.15) is 4.98 Å². The number of rotatable bonds is 8. The van der Waals surface area contributed by atoms with E-state index in [2.05, 4.69) is 26.3 Å². The summed E-state index contributed by atoms with van der Waals surface area (Å²) in [6.45, 7) is 6.49. The molecule has 9 nitrogen and oxygen atoms in total. The van der Waals surface area contributed by atoms with Gasteiger partial charge >= 0.3 is 6.01 Å². The van der Waals surface area contributed by atoms with Crippen molar-refractivity contribution in [3.8, 4) is 0 Å². The van der Waals surface area contributed by atoms with E-state index >= 15 is 0 Å². The first-order valence-electron chi connectivity index (χ1n) is 11.6. The number of nitrogens with one attached hydrogen (secondary N) is 5. The molecule has 0 saturated carbocycles. The third kappa shape index (κ3) is 5.97. The quantitative estimate of drug-likeness (QED) is 0.275. The van der Waals surface area contributed by atoms with Crippen molar-refractivity contribution in [3.05, 3.63) is 81.4 Å². The number of carbonyl (C=O) groups excluding carboxylic acids is 1. The highest BCUT2D eigenvalue weighted by Crippen LogP contribution is 2.35. The van der Waals surface area contributed by atoms with Gasteiger partial charge in [0.2, 0.25) is 5.96 Å². The van der Waals surface area contributed by atoms with Gasteiger partial charge in [-0.25, -0.2) is 9.38 Å². The maximum absolute atomic E-state index is 13.6. The number of fused-ring (bicyclic) bond motifs is 1. The molecule has 3 aromatic rings. The van der Waals surface area contributed by atoms with Crippen molar-refractivity contribution in [1.82, 2.24) is 20.9 Å². The molecule has 4 rings (SSSR count). The van der Waals surface area contributed by atoms with Gasteiger partial charge in [-0.1, -0.05) is 23.7 Å². The minimum atomic E-state index is -0.736. The van der Waals surface area contributed by atoms with E-state index < -0.39 is 11.9 Å². The summed E-state index contributed by atoms with van der Waals surface area (Å²) in [4.78, 5) is 22.4. The zero-order valence-corrected chi connectivity index (χ0v) is 21.3. The summed E-state index contributed by atoms with van der Waals surface area (Å²) in [5.74, 6) is -0.496. The highest BCUT2D eigenvalue weighted by atomic mass is 35.5. The molecule has 1 amide bonds. The number of hydrogen-bond acceptors (Lipinski definition) is 8. The van der Waals surface area contributed by atoms with Crippen molar-refractivity contribution in [2.24, 2.45) is 4.99 Å². The van der Waals surface area contributed by atoms with Crippen molar-refractivity contribution in [2.75, 3.05) is 18.4 Å². The molecule has 1 unspecified atom stereocenters. The van der Waals surface area contributed by atoms with Crippen LogP contribution in [0.25, 0.3) is 11.1 Å². The Morgan fingerprint density at radius 3 is 2.81 bits per heavy atom. The van der Waals surface area contributed by atoms with Crippen LogP contribution in [0, 0.1) is 18.2 Å². The molecule has 0 radical (unpaired) electrons. The Bertz CT molecular complexity index is 1440. The fraction of sp³-hybridized carbons (Fsp3) is 0.231. The van der Waals surface area contributed by atoms with Gasteiger partial charge in [0.05, 0.1) is 5.57 Å². The van der Waals surface area contributed by atoms with Gasteiger partial charge in [0.25, 0.3) is 5.91 Å². The Morgan fingerprint density at radius 2 is 2.08 bits per heavy atom. The number of nitrogens with zero attached hydrogens (tertiary/aromatic N) is 2. The third-order valence-corrected chi connectivity index (χ3v) is 5.97. The zero-order chi connectivity index (χ0) is 26.5. The highest BCUT2D eigenvalue weighted by molar-refractivity contribution is 6.31. The molecule has 0 fully saturated rings. The number of carbonyl (C=O) groups is 1. The van der Waals surface area contributed by atoms with Crippen molar-refractivity contribution >= 4 is 46.8 Å². The summed E-state index contributed by atoms with van der Waals surface area (Å²) >= 11 is 6.59. The van der Waals surface area contributed by atoms with Gasteiger partial charge in [-0.05, 0) is 44.5 Å². The highest BCUT2D eigenvalue weighted by Gasteiger charge is 2.31. The van der Waals surface area contributed by atoms with Crippen LogP contribution in [0.5, 0.6) is 0 Å². The number of halogens is 2. The monoisotopic (exact) mass is 523 g/mol. The summed E-state index contributed by atoms with van der Waals surface area (Å²) in [5, 5.41) is 20.0. The standard InChI is InChI=1S/C26H27ClFN7O2/c1-4-30-12-16(11-29)13-31-24(36)22-15(3)32-25(34-23(22)18-7-5-14(2)9-19(18)27)35-26-33-20-8-6-17(28)10-21(20)37-26/h5-12,23,29-30H,4,13H2,1-3H3,(H,31,36)(H2,32,33,34,35)/b16-12+,29-11?. The van der Waals surface area contributed by atoms with Crippen molar-refractivity contribution in [3.63, 3.8) is 0 Å². The number of guanidine groups is 1. The first-order valence-corrected chi connectivity index (χ1v) is 12.0. The maximum Gasteiger partial charge on any atom is 0.302 e. The number of aromatic nitrogens is 1. The number of hydrogen-bond donors (Lipinski definition) is 5. The van der Waals surface area contributed by atoms with Crippen LogP contribution < -0.4 is 21.3 Å². The Hall–Kier alpha value is -4.18. The van der Waals surface area contributed by atoms with Crippen molar-refractivity contribution in [1.29, 1.82) is 5.41 Å². The molecule has 1 aliphatic rings. The summed E-state index contributed by atoms with van der Waals surface area (Å²) in [6.07, 6.45) is 2.87. The van der Waals surface area contributed by atoms with Gasteiger partial charge in [-0.3, -0.25) is 10.1 Å². The van der Waals surface area contributed by atoms with Gasteiger partial charge < -0.3 is 25.8 Å². The Labute approximate surface area is 218 Å². The molecule has 1 atom stereocenters. The Kier molecular flexibility index (Phi) is 7.88. The first kappa shape index (κ1) is 25.9. The number of aryl methyl sites for hydroxylation is 1. The molecule has 0 spiro atoms. The van der Waals surface area contributed by atoms with E-state index in [1.54, 1.807) is 13.1 Å². The van der Waals surface area contributed by atoms with Crippen LogP contribution in [-0.4, -0.2) is 36.2 Å². The number of amides is 1. The van der Waals surface area contributed by atoms with Crippen LogP contribution in [0.1, 0.15) is 31.0 Å². The van der Waals surface area contributed by atoms with Crippen LogP contribution >= 0.6 is 11.6 Å². The number of anilines is 1. The second kappa shape index (κ2) is 11.3. The summed E-state index contributed by atoms with van der Waals surface area (Å²) in [7, 11) is 0. The molecule has 1 aromatic heterocycles. The first-order chi connectivity index (χ1) is 17.8. The van der Waals surface area contributed by atoms with E-state index in [-0.39, 0.29) is 30.0 Å². The molecule has 2 heterocycles. The molecular formula is C26H27ClFN7O2. The molecule has 11 heteroatoms. The minimum absolute atomic E-state index is 0.116. The van der Waals surface area contributed by atoms with Gasteiger partial charge in [0.1, 0.15) is 17.4 Å². The average molecular weight is 524 g/mol. The predicted molar refractivity (Wildman–Crippen MR) is 143 cm³/mol. The minimum Gasteiger partial charge on any atom is -0.423 e. The zero-order valence-electron chi connectivity index (χ0n) is 20.6. The van der Waals surface area contributed by atoms with Crippen LogP contribution in [0.15, 0.2) is 68.9 Å². The van der Waals surface area contributed by atoms with Crippen molar-refractivity contribution in [2.45, 2.75) is 26.8 Å². The number of benzene rings is 2. The van der Waals surface area contributed by atoms with Gasteiger partial charge in [-0.15, -0.1) is 0 Å². The molecule has 0 aliphatic carbocycles. The molecular weight excluding hydrogens is 497 g/mol.